The van der Waals surface area contributed by atoms with Crippen LogP contribution in [0.3, 0.4) is 0 Å². The molecule has 134 valence electrons. The minimum absolute atomic E-state index is 0.170. The molecule has 0 N–H and O–H groups in total. The van der Waals surface area contributed by atoms with Gasteiger partial charge < -0.3 is 13.9 Å². The van der Waals surface area contributed by atoms with Crippen molar-refractivity contribution in [2.45, 2.75) is 0 Å². The molecule has 0 aliphatic carbocycles. The van der Waals surface area contributed by atoms with Gasteiger partial charge in [-0.2, -0.15) is 0 Å². The number of nitrogens with zero attached hydrogens (tertiary/aromatic N) is 1. The van der Waals surface area contributed by atoms with E-state index in [1.165, 1.54) is 0 Å². The molecule has 2 aromatic carbocycles. The lowest BCUT2D eigenvalue weighted by Crippen LogP contribution is -2.06. The average Bonchev–Trinajstić information content (AvgIpc) is 3.29. The molecular formula is C21H14BrNO4. The molecule has 1 aliphatic rings. The zero-order chi connectivity index (χ0) is 18.8. The fourth-order valence-electron chi connectivity index (χ4n) is 2.72. The topological polar surface area (TPSA) is 61.0 Å². The number of esters is 1. The molecule has 0 atom stereocenters. The normalized spacial score (nSPS) is 15.0. The number of para-hydroxylation sites is 1. The van der Waals surface area contributed by atoms with Crippen molar-refractivity contribution >= 4 is 33.9 Å². The zero-order valence-corrected chi connectivity index (χ0v) is 15.9. The quantitative estimate of drug-likeness (QED) is 0.434. The molecule has 0 spiro atoms. The van der Waals surface area contributed by atoms with E-state index < -0.39 is 5.97 Å². The molecule has 0 saturated heterocycles. The smallest absolute Gasteiger partial charge is 0.363 e. The van der Waals surface area contributed by atoms with Gasteiger partial charge in [0, 0.05) is 16.1 Å². The van der Waals surface area contributed by atoms with Gasteiger partial charge in [-0.05, 0) is 30.3 Å². The Morgan fingerprint density at radius 3 is 2.52 bits per heavy atom. The standard InChI is InChI=1S/C21H14BrNO4/c1-25-18-9-5-3-7-15(18)20-23-17(21(24)27-20)12-13-10-11-19(26-13)14-6-2-4-8-16(14)22/h2-12H,1H3. The Labute approximate surface area is 164 Å². The van der Waals surface area contributed by atoms with Crippen LogP contribution in [0.4, 0.5) is 0 Å². The number of hydrogen-bond donors (Lipinski definition) is 0. The van der Waals surface area contributed by atoms with Gasteiger partial charge in [-0.15, -0.1) is 0 Å². The predicted molar refractivity (Wildman–Crippen MR) is 105 cm³/mol. The molecule has 2 heterocycles. The summed E-state index contributed by atoms with van der Waals surface area (Å²) in [5.74, 6) is 1.46. The van der Waals surface area contributed by atoms with Crippen LogP contribution < -0.4 is 4.74 Å². The summed E-state index contributed by atoms with van der Waals surface area (Å²) in [4.78, 5) is 16.5. The fourth-order valence-corrected chi connectivity index (χ4v) is 3.20. The first kappa shape index (κ1) is 17.3. The van der Waals surface area contributed by atoms with Crippen LogP contribution in [0.2, 0.25) is 0 Å². The van der Waals surface area contributed by atoms with Gasteiger partial charge in [-0.25, -0.2) is 9.79 Å². The molecule has 0 amide bonds. The molecule has 0 radical (unpaired) electrons. The largest absolute Gasteiger partial charge is 0.496 e. The number of ether oxygens (including phenoxy) is 2. The second-order valence-electron chi connectivity index (χ2n) is 5.72. The first-order valence-corrected chi connectivity index (χ1v) is 8.95. The van der Waals surface area contributed by atoms with E-state index in [2.05, 4.69) is 20.9 Å². The van der Waals surface area contributed by atoms with Crippen molar-refractivity contribution in [2.24, 2.45) is 4.99 Å². The number of furan rings is 1. The Kier molecular flexibility index (Phi) is 4.64. The second-order valence-corrected chi connectivity index (χ2v) is 6.57. The first-order valence-electron chi connectivity index (χ1n) is 8.16. The van der Waals surface area contributed by atoms with E-state index in [9.17, 15) is 4.79 Å². The van der Waals surface area contributed by atoms with E-state index in [-0.39, 0.29) is 11.6 Å². The Balaban J connectivity index is 1.66. The monoisotopic (exact) mass is 423 g/mol. The van der Waals surface area contributed by atoms with Crippen LogP contribution in [0.5, 0.6) is 5.75 Å². The Hall–Kier alpha value is -3.12. The molecule has 4 rings (SSSR count). The second kappa shape index (κ2) is 7.25. The van der Waals surface area contributed by atoms with E-state index in [1.54, 1.807) is 31.4 Å². The Bertz CT molecular complexity index is 1080. The molecule has 0 fully saturated rings. The van der Waals surface area contributed by atoms with Crippen molar-refractivity contribution in [1.82, 2.24) is 0 Å². The first-order chi connectivity index (χ1) is 13.2. The van der Waals surface area contributed by atoms with Gasteiger partial charge in [-0.3, -0.25) is 0 Å². The number of carbonyl (C=O) groups is 1. The van der Waals surface area contributed by atoms with E-state index in [1.807, 2.05) is 42.5 Å². The maximum atomic E-state index is 12.2. The van der Waals surface area contributed by atoms with E-state index in [0.29, 0.717) is 22.8 Å². The molecule has 0 bridgehead atoms. The third-order valence-corrected chi connectivity index (χ3v) is 4.69. The van der Waals surface area contributed by atoms with Crippen molar-refractivity contribution in [3.63, 3.8) is 0 Å². The van der Waals surface area contributed by atoms with Gasteiger partial charge >= 0.3 is 5.97 Å². The predicted octanol–water partition coefficient (Wildman–Crippen LogP) is 5.06. The number of aliphatic imine (C=N–C) groups is 1. The fraction of sp³-hybridized carbons (Fsp3) is 0.0476. The van der Waals surface area contributed by atoms with Gasteiger partial charge in [-0.1, -0.05) is 46.3 Å². The minimum Gasteiger partial charge on any atom is -0.496 e. The maximum Gasteiger partial charge on any atom is 0.363 e. The molecule has 1 aliphatic heterocycles. The maximum absolute atomic E-state index is 12.2. The minimum atomic E-state index is -0.533. The SMILES string of the molecule is COc1ccccc1C1=NC(=Cc2ccc(-c3ccccc3Br)o2)C(=O)O1. The molecule has 1 aromatic heterocycles. The molecule has 6 heteroatoms. The highest BCUT2D eigenvalue weighted by atomic mass is 79.9. The lowest BCUT2D eigenvalue weighted by atomic mass is 10.2. The van der Waals surface area contributed by atoms with Crippen LogP contribution >= 0.6 is 15.9 Å². The molecule has 27 heavy (non-hydrogen) atoms. The lowest BCUT2D eigenvalue weighted by Gasteiger charge is -2.05. The molecule has 5 nitrogen and oxygen atoms in total. The van der Waals surface area contributed by atoms with E-state index in [4.69, 9.17) is 13.9 Å². The number of hydrogen-bond acceptors (Lipinski definition) is 5. The summed E-state index contributed by atoms with van der Waals surface area (Å²) in [6.07, 6.45) is 1.56. The van der Waals surface area contributed by atoms with Gasteiger partial charge in [0.2, 0.25) is 5.90 Å². The number of cyclic esters (lactones) is 1. The summed E-state index contributed by atoms with van der Waals surface area (Å²) >= 11 is 3.50. The van der Waals surface area contributed by atoms with Crippen LogP contribution in [0.15, 0.2) is 80.2 Å². The Morgan fingerprint density at radius 1 is 1.00 bits per heavy atom. The van der Waals surface area contributed by atoms with E-state index in [0.717, 1.165) is 10.0 Å². The number of carbonyl (C=O) groups excluding carboxylic acids is 1. The number of rotatable bonds is 4. The Morgan fingerprint density at radius 2 is 1.74 bits per heavy atom. The van der Waals surface area contributed by atoms with Crippen LogP contribution in [0.25, 0.3) is 17.4 Å². The number of halogens is 1. The molecule has 0 unspecified atom stereocenters. The van der Waals surface area contributed by atoms with Gasteiger partial charge in [0.15, 0.2) is 5.70 Å². The number of benzene rings is 2. The summed E-state index contributed by atoms with van der Waals surface area (Å²) in [5.41, 5.74) is 1.71. The van der Waals surface area contributed by atoms with E-state index >= 15 is 0 Å². The van der Waals surface area contributed by atoms with Crippen molar-refractivity contribution in [1.29, 1.82) is 0 Å². The highest BCUT2D eigenvalue weighted by Gasteiger charge is 2.26. The lowest BCUT2D eigenvalue weighted by molar-refractivity contribution is -0.129. The summed E-state index contributed by atoms with van der Waals surface area (Å²) in [7, 11) is 1.55. The van der Waals surface area contributed by atoms with Crippen molar-refractivity contribution in [3.8, 4) is 17.1 Å². The van der Waals surface area contributed by atoms with Gasteiger partial charge in [0.1, 0.15) is 17.3 Å². The number of methoxy groups -OCH3 is 1. The van der Waals surface area contributed by atoms with Crippen molar-refractivity contribution < 1.29 is 18.7 Å². The highest BCUT2D eigenvalue weighted by molar-refractivity contribution is 9.10. The summed E-state index contributed by atoms with van der Waals surface area (Å²) < 4.78 is 17.4. The van der Waals surface area contributed by atoms with Crippen LogP contribution in [-0.2, 0) is 9.53 Å². The third kappa shape index (κ3) is 3.44. The molecular weight excluding hydrogens is 410 g/mol. The molecule has 3 aromatic rings. The summed E-state index contributed by atoms with van der Waals surface area (Å²) in [5, 5.41) is 0. The average molecular weight is 424 g/mol. The van der Waals surface area contributed by atoms with Crippen LogP contribution in [-0.4, -0.2) is 19.0 Å². The summed E-state index contributed by atoms with van der Waals surface area (Å²) in [6, 6.07) is 18.6. The van der Waals surface area contributed by atoms with Gasteiger partial charge in [0.05, 0.1) is 12.7 Å². The van der Waals surface area contributed by atoms with Crippen LogP contribution in [0.1, 0.15) is 11.3 Å². The third-order valence-electron chi connectivity index (χ3n) is 4.00. The van der Waals surface area contributed by atoms with Crippen LogP contribution in [0, 0.1) is 0 Å². The van der Waals surface area contributed by atoms with Gasteiger partial charge in [0.25, 0.3) is 0 Å². The highest BCUT2D eigenvalue weighted by Crippen LogP contribution is 2.31. The van der Waals surface area contributed by atoms with Crippen molar-refractivity contribution in [3.05, 3.63) is 82.2 Å². The zero-order valence-electron chi connectivity index (χ0n) is 14.3. The summed E-state index contributed by atoms with van der Waals surface area (Å²) in [6.45, 7) is 0. The molecule has 0 saturated carbocycles. The van der Waals surface area contributed by atoms with Crippen molar-refractivity contribution in [2.75, 3.05) is 7.11 Å².